The van der Waals surface area contributed by atoms with Crippen molar-refractivity contribution in [1.82, 2.24) is 48.5 Å². The van der Waals surface area contributed by atoms with Crippen LogP contribution < -0.4 is 26.3 Å². The predicted octanol–water partition coefficient (Wildman–Crippen LogP) is -4.16. The molecular weight excluding hydrogens is 582 g/mol. The number of imidazole rings is 2. The number of nitrogens with two attached hydrogens (primary N) is 1. The van der Waals surface area contributed by atoms with E-state index in [9.17, 15) is 33.3 Å². The number of anilines is 1. The average molecular weight is 610 g/mol. The molecule has 2 saturated heterocycles. The van der Waals surface area contributed by atoms with E-state index in [1.165, 1.54) is 21.8 Å². The number of aromatic amines is 2. The SMILES string of the molecule is Cc1nc2c(ncn2[C@H]2C[C@H](O)[C@@H](CNS(=O)(=O)N[C@H]3[C@@H](O)[C@H](n4cnc5c(=O)[nH]c(N)nc54)O[C@@H]3CO)O2)c(=O)[nH]1. The van der Waals surface area contributed by atoms with Crippen molar-refractivity contribution in [2.24, 2.45) is 0 Å². The van der Waals surface area contributed by atoms with Crippen LogP contribution in [-0.4, -0.2) is 106 Å². The molecule has 0 amide bonds. The van der Waals surface area contributed by atoms with Gasteiger partial charge in [-0.05, 0) is 6.92 Å². The van der Waals surface area contributed by atoms with Crippen molar-refractivity contribution in [2.75, 3.05) is 18.9 Å². The zero-order valence-corrected chi connectivity index (χ0v) is 22.6. The molecule has 6 heterocycles. The summed E-state index contributed by atoms with van der Waals surface area (Å²) in [5.41, 5.74) is 4.82. The van der Waals surface area contributed by atoms with E-state index in [0.717, 1.165) is 0 Å². The minimum atomic E-state index is -4.35. The third-order valence-electron chi connectivity index (χ3n) is 7.11. The second kappa shape index (κ2) is 10.5. The molecule has 2 aliphatic heterocycles. The van der Waals surface area contributed by atoms with Gasteiger partial charge >= 0.3 is 0 Å². The molecule has 0 radical (unpaired) electrons. The Morgan fingerprint density at radius 2 is 1.71 bits per heavy atom. The van der Waals surface area contributed by atoms with E-state index in [0.29, 0.717) is 5.82 Å². The zero-order valence-electron chi connectivity index (χ0n) is 21.8. The van der Waals surface area contributed by atoms with Gasteiger partial charge in [0.1, 0.15) is 24.3 Å². The lowest BCUT2D eigenvalue weighted by Gasteiger charge is -2.22. The van der Waals surface area contributed by atoms with Crippen LogP contribution >= 0.6 is 0 Å². The van der Waals surface area contributed by atoms with Crippen LogP contribution in [0.15, 0.2) is 22.2 Å². The van der Waals surface area contributed by atoms with Gasteiger partial charge in [-0.3, -0.25) is 23.7 Å². The number of nitrogens with zero attached hydrogens (tertiary/aromatic N) is 6. The first kappa shape index (κ1) is 28.3. The molecule has 0 aliphatic carbocycles. The van der Waals surface area contributed by atoms with Gasteiger partial charge in [-0.25, -0.2) is 15.0 Å². The number of aryl methyl sites for hydroxylation is 1. The Kier molecular flexibility index (Phi) is 7.05. The Morgan fingerprint density at radius 1 is 1.05 bits per heavy atom. The summed E-state index contributed by atoms with van der Waals surface area (Å²) in [5, 5.41) is 31.4. The van der Waals surface area contributed by atoms with Crippen LogP contribution in [0, 0.1) is 6.92 Å². The van der Waals surface area contributed by atoms with Crippen molar-refractivity contribution >= 4 is 38.5 Å². The van der Waals surface area contributed by atoms with Gasteiger partial charge in [0.05, 0.1) is 37.5 Å². The lowest BCUT2D eigenvalue weighted by molar-refractivity contribution is -0.0489. The molecule has 6 rings (SSSR count). The fraction of sp³-hybridized carbons (Fsp3) is 0.524. The van der Waals surface area contributed by atoms with Crippen LogP contribution in [0.3, 0.4) is 0 Å². The first-order chi connectivity index (χ1) is 20.0. The smallest absolute Gasteiger partial charge is 0.280 e. The summed E-state index contributed by atoms with van der Waals surface area (Å²) in [6, 6.07) is -1.33. The number of H-pyrrole nitrogens is 2. The van der Waals surface area contributed by atoms with Gasteiger partial charge in [0.25, 0.3) is 21.3 Å². The van der Waals surface area contributed by atoms with Crippen molar-refractivity contribution in [1.29, 1.82) is 0 Å². The first-order valence-electron chi connectivity index (χ1n) is 12.7. The summed E-state index contributed by atoms with van der Waals surface area (Å²) < 4.78 is 44.7. The highest BCUT2D eigenvalue weighted by molar-refractivity contribution is 7.87. The number of aliphatic hydroxyl groups is 3. The van der Waals surface area contributed by atoms with Crippen molar-refractivity contribution < 1.29 is 33.2 Å². The maximum atomic E-state index is 12.9. The van der Waals surface area contributed by atoms with E-state index in [1.807, 2.05) is 0 Å². The van der Waals surface area contributed by atoms with E-state index < -0.39 is 70.8 Å². The van der Waals surface area contributed by atoms with Crippen LogP contribution in [0.25, 0.3) is 22.3 Å². The lowest BCUT2D eigenvalue weighted by atomic mass is 10.1. The molecule has 7 atom stereocenters. The Morgan fingerprint density at radius 3 is 2.43 bits per heavy atom. The van der Waals surface area contributed by atoms with Crippen molar-refractivity contribution in [2.45, 2.75) is 56.3 Å². The average Bonchev–Trinajstić information content (AvgIpc) is 3.68. The molecular formula is C21H27N11O9S. The lowest BCUT2D eigenvalue weighted by Crippen LogP contribution is -2.53. The van der Waals surface area contributed by atoms with Gasteiger partial charge in [0.15, 0.2) is 28.6 Å². The molecule has 0 bridgehead atoms. The molecule has 226 valence electrons. The Labute approximate surface area is 234 Å². The number of hydrogen-bond acceptors (Lipinski definition) is 14. The quantitative estimate of drug-likeness (QED) is 0.0941. The summed E-state index contributed by atoms with van der Waals surface area (Å²) in [7, 11) is -4.35. The van der Waals surface area contributed by atoms with Gasteiger partial charge in [-0.15, -0.1) is 0 Å². The van der Waals surface area contributed by atoms with E-state index in [1.54, 1.807) is 6.92 Å². The number of nitrogens with one attached hydrogen (secondary N) is 4. The maximum absolute atomic E-state index is 12.9. The van der Waals surface area contributed by atoms with Gasteiger partial charge in [0, 0.05) is 13.0 Å². The van der Waals surface area contributed by atoms with Crippen LogP contribution in [0.2, 0.25) is 0 Å². The van der Waals surface area contributed by atoms with E-state index in [-0.39, 0.29) is 41.2 Å². The molecule has 9 N–H and O–H groups in total. The number of aromatic nitrogens is 8. The van der Waals surface area contributed by atoms with Gasteiger partial charge in [-0.2, -0.15) is 22.8 Å². The Hall–Kier alpha value is -3.83. The van der Waals surface area contributed by atoms with Crippen LogP contribution in [0.1, 0.15) is 24.7 Å². The van der Waals surface area contributed by atoms with Gasteiger partial charge < -0.3 is 35.5 Å². The molecule has 0 spiro atoms. The molecule has 4 aromatic rings. The summed E-state index contributed by atoms with van der Waals surface area (Å²) in [6.45, 7) is 0.584. The number of aliphatic hydroxyl groups excluding tert-OH is 3. The Balaban J connectivity index is 1.14. The van der Waals surface area contributed by atoms with Crippen molar-refractivity contribution in [3.63, 3.8) is 0 Å². The monoisotopic (exact) mass is 609 g/mol. The molecule has 2 fully saturated rings. The van der Waals surface area contributed by atoms with Crippen molar-refractivity contribution in [3.8, 4) is 0 Å². The second-order valence-corrected chi connectivity index (χ2v) is 11.4. The maximum Gasteiger partial charge on any atom is 0.280 e. The Bertz CT molecular complexity index is 1870. The third kappa shape index (κ3) is 4.94. The molecule has 2 aliphatic rings. The minimum absolute atomic E-state index is 0.0128. The standard InChI is InChI=1S/C21H27N11O9S/c1-7-26-16-13(18(36)27-7)23-5-31(16)11-2-8(34)9(40-11)3-25-42(38,39)30-12-10(4-33)41-20(15(12)35)32-6-24-14-17(32)28-21(22)29-19(14)37/h5-6,8-12,15,20,25,30,33-35H,2-4H2,1H3,(H,26,27,36)(H3,22,28,29,37)/t8-,9+,10+,11+,12+,15+,20+/m0/s1. The fourth-order valence-electron chi connectivity index (χ4n) is 5.13. The van der Waals surface area contributed by atoms with Gasteiger partial charge in [0.2, 0.25) is 5.95 Å². The molecule has 4 aromatic heterocycles. The molecule has 21 heteroatoms. The molecule has 0 aromatic carbocycles. The number of ether oxygens (including phenoxy) is 2. The number of hydrogen-bond donors (Lipinski definition) is 8. The summed E-state index contributed by atoms with van der Waals surface area (Å²) >= 11 is 0. The topological polar surface area (TPSA) is 291 Å². The highest BCUT2D eigenvalue weighted by Gasteiger charge is 2.47. The summed E-state index contributed by atoms with van der Waals surface area (Å²) in [5.74, 6) is 0.154. The van der Waals surface area contributed by atoms with E-state index in [4.69, 9.17) is 15.2 Å². The fourth-order valence-corrected chi connectivity index (χ4v) is 6.25. The molecule has 20 nitrogen and oxygen atoms in total. The molecule has 0 unspecified atom stereocenters. The van der Waals surface area contributed by atoms with Gasteiger partial charge in [-0.1, -0.05) is 0 Å². The van der Waals surface area contributed by atoms with Crippen LogP contribution in [-0.2, 0) is 19.7 Å². The molecule has 0 saturated carbocycles. The summed E-state index contributed by atoms with van der Waals surface area (Å²) in [4.78, 5) is 45.4. The normalized spacial score (nSPS) is 28.3. The highest BCUT2D eigenvalue weighted by Crippen LogP contribution is 2.32. The number of nitrogen functional groups attached to an aromatic ring is 1. The van der Waals surface area contributed by atoms with Crippen LogP contribution in [0.4, 0.5) is 5.95 Å². The first-order valence-corrected chi connectivity index (χ1v) is 14.1. The zero-order chi connectivity index (χ0) is 29.9. The third-order valence-corrected chi connectivity index (χ3v) is 8.24. The minimum Gasteiger partial charge on any atom is -0.394 e. The predicted molar refractivity (Wildman–Crippen MR) is 141 cm³/mol. The van der Waals surface area contributed by atoms with E-state index in [2.05, 4.69) is 39.3 Å². The van der Waals surface area contributed by atoms with Crippen LogP contribution in [0.5, 0.6) is 0 Å². The largest absolute Gasteiger partial charge is 0.394 e. The number of fused-ring (bicyclic) bond motifs is 2. The highest BCUT2D eigenvalue weighted by atomic mass is 32.2. The second-order valence-electron chi connectivity index (χ2n) is 9.92. The summed E-state index contributed by atoms with van der Waals surface area (Å²) in [6.07, 6.45) is -4.24. The molecule has 42 heavy (non-hydrogen) atoms. The van der Waals surface area contributed by atoms with Crippen molar-refractivity contribution in [3.05, 3.63) is 39.2 Å². The number of rotatable bonds is 8. The van der Waals surface area contributed by atoms with E-state index >= 15 is 0 Å².